The second-order valence-corrected chi connectivity index (χ2v) is 15.4. The van der Waals surface area contributed by atoms with E-state index >= 15 is 0 Å². The van der Waals surface area contributed by atoms with Gasteiger partial charge in [-0.05, 0) is 55.3 Å². The van der Waals surface area contributed by atoms with Crippen LogP contribution in [0.2, 0.25) is 0 Å². The average Bonchev–Trinajstić information content (AvgIpc) is 3.52. The molecule has 0 spiro atoms. The minimum Gasteiger partial charge on any atom is -0.493 e. The van der Waals surface area contributed by atoms with Crippen LogP contribution >= 0.6 is 0 Å². The third-order valence-electron chi connectivity index (χ3n) is 11.3. The lowest BCUT2D eigenvalue weighted by Gasteiger charge is -2.22. The number of methoxy groups -OCH3 is 2. The molecule has 2 amide bonds. The number of aliphatic imine (C=N–C) groups is 2. The van der Waals surface area contributed by atoms with E-state index in [2.05, 4.69) is 12.1 Å². The van der Waals surface area contributed by atoms with Gasteiger partial charge in [-0.2, -0.15) is 10.5 Å². The Bertz CT molecular complexity index is 2880. The van der Waals surface area contributed by atoms with Crippen LogP contribution in [0.4, 0.5) is 11.4 Å². The maximum atomic E-state index is 13.6. The third kappa shape index (κ3) is 9.79. The smallest absolute Gasteiger partial charge is 0.251 e. The Morgan fingerprint density at radius 2 is 1.05 bits per heavy atom. The Balaban J connectivity index is 0.000000196. The molecule has 0 saturated heterocycles. The highest BCUT2D eigenvalue weighted by molar-refractivity contribution is 6.21. The Kier molecular flexibility index (Phi) is 14.6. The van der Waals surface area contributed by atoms with Gasteiger partial charge in [0, 0.05) is 61.3 Å². The Morgan fingerprint density at radius 1 is 0.561 bits per heavy atom. The van der Waals surface area contributed by atoms with E-state index in [-0.39, 0.29) is 11.8 Å². The first-order chi connectivity index (χ1) is 32.1. The molecule has 2 aliphatic heterocycles. The lowest BCUT2D eigenvalue weighted by Crippen LogP contribution is -2.36. The Labute approximate surface area is 385 Å². The number of anilines is 2. The van der Waals surface area contributed by atoms with Gasteiger partial charge in [0.1, 0.15) is 12.1 Å². The molecule has 12 heteroatoms. The molecule has 6 aromatic rings. The van der Waals surface area contributed by atoms with Crippen molar-refractivity contribution in [2.45, 2.75) is 38.8 Å². The predicted octanol–water partition coefficient (Wildman–Crippen LogP) is 8.78. The molecule has 0 aliphatic carbocycles. The summed E-state index contributed by atoms with van der Waals surface area (Å²) in [6.07, 6.45) is 0.713. The van der Waals surface area contributed by atoms with Crippen LogP contribution in [0.15, 0.2) is 143 Å². The SMILES string of the molecule is CCOc1cc2c(cc1OC)C(c1ccccc1)=NC(Cc1cccc(C#N)c1)C(=O)N2C.CCOc1cc2c(cc1OC)C(c1ccccc1)=NC(Cc1ccccc1C#N)C(=O)N2C. The van der Waals surface area contributed by atoms with Crippen LogP contribution < -0.4 is 28.7 Å². The number of benzene rings is 6. The van der Waals surface area contributed by atoms with E-state index in [0.29, 0.717) is 83.0 Å². The normalized spacial score (nSPS) is 15.2. The fraction of sp³-hybridized carbons (Fsp3) is 0.222. The quantitative estimate of drug-likeness (QED) is 0.118. The second kappa shape index (κ2) is 21.0. The molecule has 2 heterocycles. The lowest BCUT2D eigenvalue weighted by atomic mass is 9.99. The van der Waals surface area contributed by atoms with Gasteiger partial charge in [-0.1, -0.05) is 91.0 Å². The van der Waals surface area contributed by atoms with Crippen LogP contribution in [0.3, 0.4) is 0 Å². The van der Waals surface area contributed by atoms with Crippen molar-refractivity contribution in [3.63, 3.8) is 0 Å². The minimum atomic E-state index is -0.686. The van der Waals surface area contributed by atoms with Crippen molar-refractivity contribution in [2.24, 2.45) is 9.98 Å². The number of carbonyl (C=O) groups is 2. The number of fused-ring (bicyclic) bond motifs is 2. The van der Waals surface area contributed by atoms with Gasteiger partial charge in [-0.25, -0.2) is 0 Å². The number of nitrogens with zero attached hydrogens (tertiary/aromatic N) is 6. The summed E-state index contributed by atoms with van der Waals surface area (Å²) in [5.74, 6) is 2.03. The summed E-state index contributed by atoms with van der Waals surface area (Å²) in [5.41, 5.74) is 8.99. The molecule has 12 nitrogen and oxygen atoms in total. The maximum Gasteiger partial charge on any atom is 0.251 e. The number of hydrogen-bond acceptors (Lipinski definition) is 10. The van der Waals surface area contributed by atoms with Gasteiger partial charge in [-0.15, -0.1) is 0 Å². The first kappa shape index (κ1) is 45.8. The van der Waals surface area contributed by atoms with E-state index in [1.807, 2.05) is 129 Å². The largest absolute Gasteiger partial charge is 0.493 e. The Hall–Kier alpha value is -8.22. The van der Waals surface area contributed by atoms with E-state index in [0.717, 1.165) is 33.4 Å². The van der Waals surface area contributed by atoms with Crippen molar-refractivity contribution in [1.29, 1.82) is 10.5 Å². The topological polar surface area (TPSA) is 150 Å². The van der Waals surface area contributed by atoms with Gasteiger partial charge in [0.2, 0.25) is 0 Å². The van der Waals surface area contributed by atoms with Crippen LogP contribution in [0, 0.1) is 22.7 Å². The molecule has 0 fully saturated rings. The van der Waals surface area contributed by atoms with Crippen LogP contribution in [0.5, 0.6) is 23.0 Å². The minimum absolute atomic E-state index is 0.128. The van der Waals surface area contributed by atoms with Gasteiger partial charge in [0.05, 0.1) is 73.5 Å². The van der Waals surface area contributed by atoms with E-state index in [4.69, 9.17) is 28.9 Å². The van der Waals surface area contributed by atoms with E-state index in [9.17, 15) is 20.1 Å². The summed E-state index contributed by atoms with van der Waals surface area (Å²) in [7, 11) is 6.69. The van der Waals surface area contributed by atoms with Crippen molar-refractivity contribution in [3.05, 3.63) is 178 Å². The number of carbonyl (C=O) groups excluding carboxylic acids is 2. The van der Waals surface area contributed by atoms with E-state index in [1.165, 1.54) is 0 Å². The summed E-state index contributed by atoms with van der Waals surface area (Å²) >= 11 is 0. The fourth-order valence-corrected chi connectivity index (χ4v) is 8.06. The number of benzodiazepines with no additional fused rings is 2. The summed E-state index contributed by atoms with van der Waals surface area (Å²) in [5, 5.41) is 18.8. The zero-order valence-electron chi connectivity index (χ0n) is 37.8. The summed E-state index contributed by atoms with van der Waals surface area (Å²) < 4.78 is 22.7. The zero-order chi connectivity index (χ0) is 46.7. The summed E-state index contributed by atoms with van der Waals surface area (Å²) in [6.45, 7) is 4.76. The number of amides is 2. The summed E-state index contributed by atoms with van der Waals surface area (Å²) in [6, 6.07) is 44.7. The number of likely N-dealkylation sites (N-methyl/N-ethyl adjacent to an activating group) is 2. The predicted molar refractivity (Wildman–Crippen MR) is 257 cm³/mol. The highest BCUT2D eigenvalue weighted by Gasteiger charge is 2.33. The highest BCUT2D eigenvalue weighted by atomic mass is 16.5. The van der Waals surface area contributed by atoms with Crippen molar-refractivity contribution >= 4 is 34.6 Å². The molecule has 2 unspecified atom stereocenters. The standard InChI is InChI=1S/2C27H25N3O3/c1-4-33-25-16-23-21(15-24(25)32-3)26(20-11-6-5-7-12-20)29-22(27(31)30(23)2)14-18-9-8-10-19(13-18)17-28;1-4-33-25-16-23-21(15-24(25)32-3)26(18-10-6-5-7-11-18)29-22(27(31)30(23)2)14-19-12-8-9-13-20(19)17-28/h2*5-13,15-16,22H,4,14H2,1-3H3. The molecule has 0 saturated carbocycles. The van der Waals surface area contributed by atoms with Crippen molar-refractivity contribution < 1.29 is 28.5 Å². The third-order valence-corrected chi connectivity index (χ3v) is 11.3. The maximum absolute atomic E-state index is 13.6. The molecule has 0 bridgehead atoms. The van der Waals surface area contributed by atoms with E-state index < -0.39 is 12.1 Å². The van der Waals surface area contributed by atoms with Gasteiger partial charge in [0.15, 0.2) is 23.0 Å². The summed E-state index contributed by atoms with van der Waals surface area (Å²) in [4.78, 5) is 40.3. The van der Waals surface area contributed by atoms with E-state index in [1.54, 1.807) is 56.3 Å². The van der Waals surface area contributed by atoms with Crippen molar-refractivity contribution in [2.75, 3.05) is 51.3 Å². The van der Waals surface area contributed by atoms with Crippen LogP contribution in [0.1, 0.15) is 58.4 Å². The van der Waals surface area contributed by atoms with Gasteiger partial charge >= 0.3 is 0 Å². The molecule has 66 heavy (non-hydrogen) atoms. The van der Waals surface area contributed by atoms with Gasteiger partial charge in [0.25, 0.3) is 11.8 Å². The molecular formula is C54H50N6O6. The molecule has 0 aromatic heterocycles. The first-order valence-corrected chi connectivity index (χ1v) is 21.6. The monoisotopic (exact) mass is 878 g/mol. The molecule has 0 radical (unpaired) electrons. The molecule has 6 aromatic carbocycles. The van der Waals surface area contributed by atoms with Gasteiger partial charge < -0.3 is 28.7 Å². The highest BCUT2D eigenvalue weighted by Crippen LogP contribution is 2.40. The average molecular weight is 879 g/mol. The molecule has 8 rings (SSSR count). The van der Waals surface area contributed by atoms with Crippen LogP contribution in [-0.2, 0) is 22.4 Å². The molecule has 2 atom stereocenters. The van der Waals surface area contributed by atoms with Crippen molar-refractivity contribution in [3.8, 4) is 35.1 Å². The number of rotatable bonds is 12. The molecule has 0 N–H and O–H groups in total. The number of ether oxygens (including phenoxy) is 4. The molecule has 332 valence electrons. The second-order valence-electron chi connectivity index (χ2n) is 15.4. The van der Waals surface area contributed by atoms with Crippen molar-refractivity contribution in [1.82, 2.24) is 0 Å². The van der Waals surface area contributed by atoms with Gasteiger partial charge in [-0.3, -0.25) is 19.6 Å². The zero-order valence-corrected chi connectivity index (χ0v) is 37.8. The lowest BCUT2D eigenvalue weighted by molar-refractivity contribution is -0.120. The number of hydrogen-bond donors (Lipinski definition) is 0. The van der Waals surface area contributed by atoms with Crippen LogP contribution in [-0.4, -0.2) is 76.9 Å². The molecule has 2 aliphatic rings. The van der Waals surface area contributed by atoms with Crippen LogP contribution in [0.25, 0.3) is 0 Å². The molecular weight excluding hydrogens is 829 g/mol. The number of nitriles is 2. The first-order valence-electron chi connectivity index (χ1n) is 21.6. The Morgan fingerprint density at radius 3 is 1.52 bits per heavy atom. The fourth-order valence-electron chi connectivity index (χ4n) is 8.06.